The molecule has 2 aliphatic heterocycles. The summed E-state index contributed by atoms with van der Waals surface area (Å²) in [6.07, 6.45) is 0.110. The Morgan fingerprint density at radius 3 is 2.29 bits per heavy atom. The highest BCUT2D eigenvalue weighted by molar-refractivity contribution is 7.95. The van der Waals surface area contributed by atoms with Crippen LogP contribution in [0, 0.1) is 5.92 Å². The summed E-state index contributed by atoms with van der Waals surface area (Å²) in [6.45, 7) is -0.0948. The number of sulfonamides is 1. The maximum absolute atomic E-state index is 11.9. The molecular weight excluding hydrogens is 270 g/mol. The highest BCUT2D eigenvalue weighted by atomic mass is 32.2. The van der Waals surface area contributed by atoms with E-state index in [0.29, 0.717) is 0 Å². The molecule has 2 heterocycles. The van der Waals surface area contributed by atoms with E-state index >= 15 is 0 Å². The van der Waals surface area contributed by atoms with Crippen LogP contribution in [-0.2, 0) is 24.7 Å². The van der Waals surface area contributed by atoms with Gasteiger partial charge >= 0.3 is 5.97 Å². The third-order valence-corrected chi connectivity index (χ3v) is 7.41. The summed E-state index contributed by atoms with van der Waals surface area (Å²) in [4.78, 5) is 10.6. The first-order valence-corrected chi connectivity index (χ1v) is 8.47. The number of carboxylic acid groups (broad SMARTS) is 1. The lowest BCUT2D eigenvalue weighted by Gasteiger charge is -2.36. The first kappa shape index (κ1) is 12.8. The zero-order chi connectivity index (χ0) is 12.8. The number of carboxylic acids is 1. The maximum atomic E-state index is 11.9. The third kappa shape index (κ3) is 2.31. The second-order valence-corrected chi connectivity index (χ2v) is 8.86. The molecule has 0 amide bonds. The first-order valence-electron chi connectivity index (χ1n) is 5.14. The molecule has 7 nitrogen and oxygen atoms in total. The van der Waals surface area contributed by atoms with Crippen molar-refractivity contribution >= 4 is 25.8 Å². The first-order chi connectivity index (χ1) is 7.72. The molecule has 2 fully saturated rings. The van der Waals surface area contributed by atoms with Gasteiger partial charge in [-0.2, -0.15) is 4.31 Å². The van der Waals surface area contributed by atoms with Crippen LogP contribution in [0.15, 0.2) is 0 Å². The topological polar surface area (TPSA) is 109 Å². The van der Waals surface area contributed by atoms with Gasteiger partial charge in [-0.15, -0.1) is 0 Å². The minimum absolute atomic E-state index is 0.0474. The quantitative estimate of drug-likeness (QED) is 0.676. The molecule has 0 aromatic rings. The Bertz CT molecular complexity index is 530. The molecule has 17 heavy (non-hydrogen) atoms. The summed E-state index contributed by atoms with van der Waals surface area (Å²) in [5.74, 6) is -2.13. The molecule has 0 saturated carbocycles. The van der Waals surface area contributed by atoms with Crippen LogP contribution < -0.4 is 0 Å². The molecule has 1 N–H and O–H groups in total. The predicted molar refractivity (Wildman–Crippen MR) is 58.7 cm³/mol. The molecular formula is C8H13NO6S2. The molecule has 0 aromatic carbocycles. The number of nitrogens with zero attached hydrogens (tertiary/aromatic N) is 1. The Morgan fingerprint density at radius 2 is 1.88 bits per heavy atom. The van der Waals surface area contributed by atoms with Crippen molar-refractivity contribution in [3.8, 4) is 0 Å². The van der Waals surface area contributed by atoms with Gasteiger partial charge in [-0.3, -0.25) is 4.79 Å². The SMILES string of the molecule is O=C(O)C1CN(S(=O)(=O)C2CCS(=O)(=O)C2)C1. The maximum Gasteiger partial charge on any atom is 0.309 e. The van der Waals surface area contributed by atoms with E-state index in [9.17, 15) is 21.6 Å². The van der Waals surface area contributed by atoms with Gasteiger partial charge in [0.15, 0.2) is 9.84 Å². The zero-order valence-corrected chi connectivity index (χ0v) is 10.6. The number of hydrogen-bond donors (Lipinski definition) is 1. The van der Waals surface area contributed by atoms with Gasteiger partial charge in [-0.1, -0.05) is 0 Å². The Balaban J connectivity index is 2.05. The van der Waals surface area contributed by atoms with Crippen LogP contribution in [0.25, 0.3) is 0 Å². The fourth-order valence-electron chi connectivity index (χ4n) is 2.01. The van der Waals surface area contributed by atoms with E-state index in [1.165, 1.54) is 0 Å². The van der Waals surface area contributed by atoms with Crippen molar-refractivity contribution < 1.29 is 26.7 Å². The molecule has 0 radical (unpaired) electrons. The second kappa shape index (κ2) is 3.92. The van der Waals surface area contributed by atoms with E-state index in [-0.39, 0.29) is 31.0 Å². The third-order valence-electron chi connectivity index (χ3n) is 3.17. The zero-order valence-electron chi connectivity index (χ0n) is 8.94. The van der Waals surface area contributed by atoms with Gasteiger partial charge in [0, 0.05) is 13.1 Å². The summed E-state index contributed by atoms with van der Waals surface area (Å²) in [5.41, 5.74) is 0. The van der Waals surface area contributed by atoms with Crippen LogP contribution >= 0.6 is 0 Å². The lowest BCUT2D eigenvalue weighted by atomic mass is 10.0. The monoisotopic (exact) mass is 283 g/mol. The molecule has 2 rings (SSSR count). The van der Waals surface area contributed by atoms with Crippen molar-refractivity contribution in [1.29, 1.82) is 0 Å². The Morgan fingerprint density at radius 1 is 1.29 bits per heavy atom. The van der Waals surface area contributed by atoms with Gasteiger partial charge in [-0.25, -0.2) is 16.8 Å². The van der Waals surface area contributed by atoms with Crippen LogP contribution in [0.5, 0.6) is 0 Å². The molecule has 2 aliphatic rings. The summed E-state index contributed by atoms with van der Waals surface area (Å²) in [7, 11) is -6.90. The molecule has 2 saturated heterocycles. The van der Waals surface area contributed by atoms with Crippen LogP contribution in [0.2, 0.25) is 0 Å². The van der Waals surface area contributed by atoms with E-state index in [0.717, 1.165) is 4.31 Å². The Kier molecular flexibility index (Phi) is 2.95. The van der Waals surface area contributed by atoms with Crippen molar-refractivity contribution in [2.24, 2.45) is 5.92 Å². The smallest absolute Gasteiger partial charge is 0.309 e. The Labute approximate surface area is 99.4 Å². The number of aliphatic carboxylic acids is 1. The highest BCUT2D eigenvalue weighted by Gasteiger charge is 2.46. The fraction of sp³-hybridized carbons (Fsp3) is 0.875. The van der Waals surface area contributed by atoms with E-state index in [1.807, 2.05) is 0 Å². The van der Waals surface area contributed by atoms with Gasteiger partial charge in [0.25, 0.3) is 0 Å². The van der Waals surface area contributed by atoms with E-state index in [4.69, 9.17) is 5.11 Å². The summed E-state index contributed by atoms with van der Waals surface area (Å²) in [5, 5.41) is 7.75. The molecule has 0 aliphatic carbocycles. The van der Waals surface area contributed by atoms with Crippen LogP contribution in [-0.4, -0.2) is 62.1 Å². The lowest BCUT2D eigenvalue weighted by molar-refractivity contribution is -0.145. The average Bonchev–Trinajstić information content (AvgIpc) is 2.42. The van der Waals surface area contributed by atoms with E-state index in [2.05, 4.69) is 0 Å². The van der Waals surface area contributed by atoms with Gasteiger partial charge in [0.1, 0.15) is 0 Å². The number of rotatable bonds is 3. The summed E-state index contributed by atoms with van der Waals surface area (Å²) < 4.78 is 47.4. The fourth-order valence-corrected chi connectivity index (χ4v) is 6.62. The molecule has 1 unspecified atom stereocenters. The van der Waals surface area contributed by atoms with Gasteiger partial charge in [-0.05, 0) is 6.42 Å². The standard InChI is InChI=1S/C8H13NO6S2/c10-8(11)6-3-9(4-6)17(14,15)7-1-2-16(12,13)5-7/h6-7H,1-5H2,(H,10,11). The number of sulfone groups is 1. The van der Waals surface area contributed by atoms with Crippen LogP contribution in [0.1, 0.15) is 6.42 Å². The van der Waals surface area contributed by atoms with E-state index in [1.54, 1.807) is 0 Å². The van der Waals surface area contributed by atoms with Crippen molar-refractivity contribution in [1.82, 2.24) is 4.31 Å². The molecule has 98 valence electrons. The Hall–Kier alpha value is -0.670. The van der Waals surface area contributed by atoms with Gasteiger partial charge < -0.3 is 5.11 Å². The predicted octanol–water partition coefficient (Wildman–Crippen LogP) is -1.48. The lowest BCUT2D eigenvalue weighted by Crippen LogP contribution is -2.55. The van der Waals surface area contributed by atoms with Crippen molar-refractivity contribution in [2.45, 2.75) is 11.7 Å². The van der Waals surface area contributed by atoms with Gasteiger partial charge in [0.2, 0.25) is 10.0 Å². The summed E-state index contributed by atoms with van der Waals surface area (Å²) >= 11 is 0. The molecule has 0 spiro atoms. The average molecular weight is 283 g/mol. The highest BCUT2D eigenvalue weighted by Crippen LogP contribution is 2.27. The summed E-state index contributed by atoms with van der Waals surface area (Å²) in [6, 6.07) is 0. The van der Waals surface area contributed by atoms with Crippen LogP contribution in [0.3, 0.4) is 0 Å². The minimum Gasteiger partial charge on any atom is -0.481 e. The molecule has 0 bridgehead atoms. The number of carbonyl (C=O) groups is 1. The van der Waals surface area contributed by atoms with Crippen molar-refractivity contribution in [3.63, 3.8) is 0 Å². The number of hydrogen-bond acceptors (Lipinski definition) is 5. The normalized spacial score (nSPS) is 30.0. The molecule has 0 aromatic heterocycles. The van der Waals surface area contributed by atoms with Crippen molar-refractivity contribution in [2.75, 3.05) is 24.6 Å². The van der Waals surface area contributed by atoms with Gasteiger partial charge in [0.05, 0.1) is 22.7 Å². The minimum atomic E-state index is -3.65. The molecule has 9 heteroatoms. The van der Waals surface area contributed by atoms with Crippen molar-refractivity contribution in [3.05, 3.63) is 0 Å². The largest absolute Gasteiger partial charge is 0.481 e. The molecule has 1 atom stereocenters. The second-order valence-electron chi connectivity index (χ2n) is 4.42. The van der Waals surface area contributed by atoms with E-state index < -0.39 is 37.0 Å². The van der Waals surface area contributed by atoms with Crippen LogP contribution in [0.4, 0.5) is 0 Å².